The molecule has 0 aliphatic carbocycles. The molecular formula is C14H16F2N2O3. The predicted octanol–water partition coefficient (Wildman–Crippen LogP) is 2.49. The van der Waals surface area contributed by atoms with Crippen LogP contribution in [0.4, 0.5) is 8.78 Å². The van der Waals surface area contributed by atoms with Crippen molar-refractivity contribution in [2.75, 3.05) is 6.61 Å². The van der Waals surface area contributed by atoms with Crippen LogP contribution in [0.25, 0.3) is 11.0 Å². The number of hydrogen-bond acceptors (Lipinski definition) is 3. The van der Waals surface area contributed by atoms with Gasteiger partial charge in [0.2, 0.25) is 0 Å². The summed E-state index contributed by atoms with van der Waals surface area (Å²) in [5, 5.41) is 17.7. The van der Waals surface area contributed by atoms with Crippen molar-refractivity contribution in [2.45, 2.75) is 32.2 Å². The highest BCUT2D eigenvalue weighted by Crippen LogP contribution is 2.26. The Morgan fingerprint density at radius 3 is 2.62 bits per heavy atom. The number of aliphatic hydroxyl groups excluding tert-OH is 1. The number of benzene rings is 1. The number of aromatic carboxylic acids is 1. The zero-order valence-electron chi connectivity index (χ0n) is 11.7. The number of carboxylic acid groups (broad SMARTS) is 1. The topological polar surface area (TPSA) is 75.3 Å². The first kappa shape index (κ1) is 15.4. The lowest BCUT2D eigenvalue weighted by atomic mass is 10.2. The van der Waals surface area contributed by atoms with Crippen molar-refractivity contribution in [3.8, 4) is 0 Å². The number of aromatic nitrogens is 2. The van der Waals surface area contributed by atoms with Gasteiger partial charge in [-0.25, -0.2) is 18.6 Å². The summed E-state index contributed by atoms with van der Waals surface area (Å²) < 4.78 is 28.3. The number of carboxylic acids is 1. The Morgan fingerprint density at radius 2 is 2.10 bits per heavy atom. The molecule has 0 fully saturated rings. The van der Waals surface area contributed by atoms with Gasteiger partial charge in [0.1, 0.15) is 12.4 Å². The van der Waals surface area contributed by atoms with E-state index in [0.29, 0.717) is 16.9 Å². The van der Waals surface area contributed by atoms with Crippen molar-refractivity contribution in [1.29, 1.82) is 0 Å². The molecule has 1 aromatic carbocycles. The average molecular weight is 298 g/mol. The Hall–Kier alpha value is -2.02. The van der Waals surface area contributed by atoms with Gasteiger partial charge in [-0.3, -0.25) is 0 Å². The molecule has 21 heavy (non-hydrogen) atoms. The smallest absolute Gasteiger partial charge is 0.335 e. The van der Waals surface area contributed by atoms with Crippen LogP contribution in [0.15, 0.2) is 18.2 Å². The first-order valence-corrected chi connectivity index (χ1v) is 6.47. The van der Waals surface area contributed by atoms with Crippen LogP contribution in [0.2, 0.25) is 0 Å². The number of carbonyl (C=O) groups is 1. The van der Waals surface area contributed by atoms with Gasteiger partial charge in [-0.15, -0.1) is 0 Å². The molecule has 1 aromatic heterocycles. The summed E-state index contributed by atoms with van der Waals surface area (Å²) in [6.07, 6.45) is 0. The molecule has 0 spiro atoms. The van der Waals surface area contributed by atoms with Gasteiger partial charge in [0, 0.05) is 5.92 Å². The van der Waals surface area contributed by atoms with Crippen molar-refractivity contribution in [1.82, 2.24) is 9.55 Å². The number of imidazole rings is 1. The van der Waals surface area contributed by atoms with Crippen molar-refractivity contribution in [3.05, 3.63) is 29.6 Å². The van der Waals surface area contributed by atoms with Gasteiger partial charge in [-0.2, -0.15) is 0 Å². The SMILES string of the molecule is CC(C)c1nc2cc(C(=O)O)ccc2n1CC(F)(F)CO. The van der Waals surface area contributed by atoms with E-state index in [1.54, 1.807) is 0 Å². The molecule has 2 N–H and O–H groups in total. The van der Waals surface area contributed by atoms with Crippen LogP contribution in [-0.2, 0) is 6.54 Å². The molecular weight excluding hydrogens is 282 g/mol. The van der Waals surface area contributed by atoms with E-state index in [-0.39, 0.29) is 11.5 Å². The fraction of sp³-hybridized carbons (Fsp3) is 0.429. The minimum atomic E-state index is -3.26. The van der Waals surface area contributed by atoms with E-state index in [1.807, 2.05) is 13.8 Å². The van der Waals surface area contributed by atoms with Gasteiger partial charge in [0.05, 0.1) is 23.1 Å². The lowest BCUT2D eigenvalue weighted by molar-refractivity contribution is -0.0627. The number of nitrogens with zero attached hydrogens (tertiary/aromatic N) is 2. The summed E-state index contributed by atoms with van der Waals surface area (Å²) in [5.74, 6) is -4.04. The van der Waals surface area contributed by atoms with Crippen LogP contribution >= 0.6 is 0 Å². The number of alkyl halides is 2. The predicted molar refractivity (Wildman–Crippen MR) is 72.8 cm³/mol. The maximum absolute atomic E-state index is 13.5. The van der Waals surface area contributed by atoms with Crippen LogP contribution in [0.5, 0.6) is 0 Å². The second kappa shape index (κ2) is 5.40. The molecule has 0 bridgehead atoms. The molecule has 5 nitrogen and oxygen atoms in total. The molecule has 2 rings (SSSR count). The monoisotopic (exact) mass is 298 g/mol. The quantitative estimate of drug-likeness (QED) is 0.889. The van der Waals surface area contributed by atoms with Crippen LogP contribution < -0.4 is 0 Å². The maximum atomic E-state index is 13.5. The molecule has 0 unspecified atom stereocenters. The van der Waals surface area contributed by atoms with Gasteiger partial charge >= 0.3 is 5.97 Å². The first-order chi connectivity index (χ1) is 9.75. The van der Waals surface area contributed by atoms with Gasteiger partial charge in [-0.1, -0.05) is 13.8 Å². The van der Waals surface area contributed by atoms with Gasteiger partial charge < -0.3 is 14.8 Å². The highest BCUT2D eigenvalue weighted by Gasteiger charge is 2.31. The van der Waals surface area contributed by atoms with Crippen molar-refractivity contribution in [3.63, 3.8) is 0 Å². The number of rotatable bonds is 5. The van der Waals surface area contributed by atoms with E-state index in [9.17, 15) is 13.6 Å². The molecule has 0 radical (unpaired) electrons. The Morgan fingerprint density at radius 1 is 1.43 bits per heavy atom. The summed E-state index contributed by atoms with van der Waals surface area (Å²) in [6, 6.07) is 4.17. The average Bonchev–Trinajstić information content (AvgIpc) is 2.76. The molecule has 0 amide bonds. The van der Waals surface area contributed by atoms with E-state index in [0.717, 1.165) is 0 Å². The number of hydrogen-bond donors (Lipinski definition) is 2. The molecule has 114 valence electrons. The van der Waals surface area contributed by atoms with Crippen LogP contribution in [0, 0.1) is 0 Å². The molecule has 2 aromatic rings. The molecule has 0 aliphatic heterocycles. The fourth-order valence-corrected chi connectivity index (χ4v) is 2.17. The number of halogens is 2. The summed E-state index contributed by atoms with van der Waals surface area (Å²) in [5.41, 5.74) is 0.834. The fourth-order valence-electron chi connectivity index (χ4n) is 2.17. The Bertz CT molecular complexity index is 680. The standard InChI is InChI=1S/C14H16F2N2O3/c1-8(2)12-17-10-5-9(13(20)21)3-4-11(10)18(12)6-14(15,16)7-19/h3-5,8,19H,6-7H2,1-2H3,(H,20,21). The summed E-state index contributed by atoms with van der Waals surface area (Å²) >= 11 is 0. The lowest BCUT2D eigenvalue weighted by Gasteiger charge is -2.17. The molecule has 0 saturated heterocycles. The highest BCUT2D eigenvalue weighted by molar-refractivity contribution is 5.92. The van der Waals surface area contributed by atoms with Gasteiger partial charge in [-0.05, 0) is 18.2 Å². The van der Waals surface area contributed by atoms with Crippen molar-refractivity contribution < 1.29 is 23.8 Å². The summed E-state index contributed by atoms with van der Waals surface area (Å²) in [7, 11) is 0. The normalized spacial score (nSPS) is 12.3. The largest absolute Gasteiger partial charge is 0.478 e. The second-order valence-corrected chi connectivity index (χ2v) is 5.23. The zero-order chi connectivity index (χ0) is 15.8. The van der Waals surface area contributed by atoms with Crippen LogP contribution in [0.3, 0.4) is 0 Å². The van der Waals surface area contributed by atoms with Crippen LogP contribution in [-0.4, -0.2) is 38.3 Å². The van der Waals surface area contributed by atoms with Gasteiger partial charge in [0.25, 0.3) is 5.92 Å². The molecule has 0 saturated carbocycles. The van der Waals surface area contributed by atoms with E-state index in [1.165, 1.54) is 22.8 Å². The van der Waals surface area contributed by atoms with E-state index in [4.69, 9.17) is 10.2 Å². The van der Waals surface area contributed by atoms with E-state index in [2.05, 4.69) is 4.98 Å². The Kier molecular flexibility index (Phi) is 3.95. The second-order valence-electron chi connectivity index (χ2n) is 5.23. The number of fused-ring (bicyclic) bond motifs is 1. The minimum Gasteiger partial charge on any atom is -0.478 e. The first-order valence-electron chi connectivity index (χ1n) is 6.47. The summed E-state index contributed by atoms with van der Waals surface area (Å²) in [6.45, 7) is 1.68. The third-order valence-corrected chi connectivity index (χ3v) is 3.16. The van der Waals surface area contributed by atoms with Crippen LogP contribution in [0.1, 0.15) is 35.9 Å². The Labute approximate surface area is 119 Å². The van der Waals surface area contributed by atoms with E-state index >= 15 is 0 Å². The molecule has 7 heteroatoms. The number of aliphatic hydroxyl groups is 1. The lowest BCUT2D eigenvalue weighted by Crippen LogP contribution is -2.29. The zero-order valence-corrected chi connectivity index (χ0v) is 11.7. The summed E-state index contributed by atoms with van der Waals surface area (Å²) in [4.78, 5) is 15.2. The third-order valence-electron chi connectivity index (χ3n) is 3.16. The van der Waals surface area contributed by atoms with Gasteiger partial charge in [0.15, 0.2) is 0 Å². The molecule has 0 aliphatic rings. The minimum absolute atomic E-state index is 0.0522. The molecule has 1 heterocycles. The van der Waals surface area contributed by atoms with Crippen molar-refractivity contribution >= 4 is 17.0 Å². The maximum Gasteiger partial charge on any atom is 0.335 e. The van der Waals surface area contributed by atoms with Crippen molar-refractivity contribution in [2.24, 2.45) is 0 Å². The highest BCUT2D eigenvalue weighted by atomic mass is 19.3. The Balaban J connectivity index is 2.61. The third kappa shape index (κ3) is 3.02. The molecule has 0 atom stereocenters. The van der Waals surface area contributed by atoms with E-state index < -0.39 is 25.0 Å².